The van der Waals surface area contributed by atoms with Gasteiger partial charge in [-0.2, -0.15) is 0 Å². The van der Waals surface area contributed by atoms with Crippen molar-refractivity contribution in [2.45, 2.75) is 13.0 Å². The van der Waals surface area contributed by atoms with Crippen molar-refractivity contribution in [1.29, 1.82) is 0 Å². The highest BCUT2D eigenvalue weighted by Gasteiger charge is 2.07. The van der Waals surface area contributed by atoms with Gasteiger partial charge in [-0.15, -0.1) is 0 Å². The Balaban J connectivity index is 2.80. The molecule has 0 heterocycles. The van der Waals surface area contributed by atoms with Gasteiger partial charge in [-0.3, -0.25) is 0 Å². The summed E-state index contributed by atoms with van der Waals surface area (Å²) in [6.07, 6.45) is 1.70. The molecule has 4 heteroatoms. The number of methoxy groups -OCH3 is 1. The maximum Gasteiger partial charge on any atom is 0.156 e. The van der Waals surface area contributed by atoms with Crippen LogP contribution >= 0.6 is 0 Å². The Kier molecular flexibility index (Phi) is 5.38. The van der Waals surface area contributed by atoms with Gasteiger partial charge in [0.25, 0.3) is 0 Å². The highest BCUT2D eigenvalue weighted by atomic mass is 32.2. The fourth-order valence-corrected chi connectivity index (χ4v) is 1.93. The van der Waals surface area contributed by atoms with Gasteiger partial charge in [0, 0.05) is 7.11 Å². The summed E-state index contributed by atoms with van der Waals surface area (Å²) in [5, 5.41) is 0. The Bertz CT molecular complexity index is 373. The van der Waals surface area contributed by atoms with Crippen LogP contribution in [0, 0.1) is 0 Å². The van der Waals surface area contributed by atoms with Crippen molar-refractivity contribution in [1.82, 2.24) is 0 Å². The minimum Gasteiger partial charge on any atom is -0.373 e. The van der Waals surface area contributed by atoms with Crippen molar-refractivity contribution >= 4 is 11.1 Å². The number of ether oxygens (including phenoxy) is 1. The van der Waals surface area contributed by atoms with Crippen LogP contribution in [0.15, 0.2) is 42.0 Å². The number of benzene rings is 1. The molecule has 0 saturated carbocycles. The smallest absolute Gasteiger partial charge is 0.156 e. The van der Waals surface area contributed by atoms with Gasteiger partial charge in [0.1, 0.15) is 6.10 Å². The molecule has 0 aliphatic carbocycles. The van der Waals surface area contributed by atoms with Gasteiger partial charge in [0.05, 0.1) is 5.75 Å². The Morgan fingerprint density at radius 2 is 2.12 bits per heavy atom. The van der Waals surface area contributed by atoms with Crippen LogP contribution in [-0.2, 0) is 15.8 Å². The zero-order valence-electron chi connectivity index (χ0n) is 9.42. The molecule has 0 fully saturated rings. The van der Waals surface area contributed by atoms with E-state index in [0.717, 1.165) is 11.1 Å². The average molecular weight is 240 g/mol. The van der Waals surface area contributed by atoms with Gasteiger partial charge in [-0.1, -0.05) is 42.0 Å². The van der Waals surface area contributed by atoms with Gasteiger partial charge in [-0.05, 0) is 12.5 Å². The lowest BCUT2D eigenvalue weighted by Gasteiger charge is -2.12. The first kappa shape index (κ1) is 13.1. The molecular weight excluding hydrogens is 224 g/mol. The van der Waals surface area contributed by atoms with Crippen LogP contribution in [0.1, 0.15) is 18.6 Å². The van der Waals surface area contributed by atoms with Crippen molar-refractivity contribution in [3.8, 4) is 0 Å². The lowest BCUT2D eigenvalue weighted by atomic mass is 10.1. The van der Waals surface area contributed by atoms with Gasteiger partial charge in [0.15, 0.2) is 11.1 Å². The van der Waals surface area contributed by atoms with Gasteiger partial charge < -0.3 is 9.29 Å². The van der Waals surface area contributed by atoms with Crippen molar-refractivity contribution in [2.24, 2.45) is 0 Å². The molecule has 1 rings (SSSR count). The van der Waals surface area contributed by atoms with E-state index in [4.69, 9.17) is 9.29 Å². The molecule has 1 aromatic rings. The van der Waals surface area contributed by atoms with Crippen LogP contribution in [0.2, 0.25) is 0 Å². The molecule has 88 valence electrons. The lowest BCUT2D eigenvalue weighted by Crippen LogP contribution is -2.02. The van der Waals surface area contributed by atoms with Crippen molar-refractivity contribution < 1.29 is 13.5 Å². The number of rotatable bonds is 5. The fraction of sp³-hybridized carbons (Fsp3) is 0.333. The molecule has 2 atom stereocenters. The van der Waals surface area contributed by atoms with E-state index in [-0.39, 0.29) is 11.9 Å². The first-order valence-electron chi connectivity index (χ1n) is 4.96. The van der Waals surface area contributed by atoms with Crippen LogP contribution < -0.4 is 0 Å². The topological polar surface area (TPSA) is 46.5 Å². The third-order valence-corrected chi connectivity index (χ3v) is 2.87. The summed E-state index contributed by atoms with van der Waals surface area (Å²) in [6.45, 7) is 1.82. The molecule has 0 radical (unpaired) electrons. The predicted molar refractivity (Wildman–Crippen MR) is 65.6 cm³/mol. The van der Waals surface area contributed by atoms with E-state index >= 15 is 0 Å². The SMILES string of the molecule is COC(C=C(C)CS(=O)O)c1ccccc1. The van der Waals surface area contributed by atoms with E-state index < -0.39 is 11.1 Å². The first-order chi connectivity index (χ1) is 7.63. The standard InChI is InChI=1S/C12H16O3S/c1-10(9-16(13)14)8-12(15-2)11-6-4-3-5-7-11/h3-8,12H,9H2,1-2H3,(H,13,14). The highest BCUT2D eigenvalue weighted by Crippen LogP contribution is 2.19. The van der Waals surface area contributed by atoms with Crippen LogP contribution in [0.5, 0.6) is 0 Å². The molecule has 0 spiro atoms. The van der Waals surface area contributed by atoms with Crippen LogP contribution in [-0.4, -0.2) is 21.6 Å². The van der Waals surface area contributed by atoms with Crippen molar-refractivity contribution in [2.75, 3.05) is 12.9 Å². The third kappa shape index (κ3) is 4.26. The largest absolute Gasteiger partial charge is 0.373 e. The second-order valence-electron chi connectivity index (χ2n) is 3.55. The minimum absolute atomic E-state index is 0.159. The van der Waals surface area contributed by atoms with E-state index in [2.05, 4.69) is 0 Å². The van der Waals surface area contributed by atoms with E-state index in [1.54, 1.807) is 7.11 Å². The molecule has 0 aliphatic heterocycles. The van der Waals surface area contributed by atoms with Gasteiger partial charge in [-0.25, -0.2) is 4.21 Å². The molecule has 0 amide bonds. The van der Waals surface area contributed by atoms with Crippen LogP contribution in [0.3, 0.4) is 0 Å². The first-order valence-corrected chi connectivity index (χ1v) is 6.23. The molecule has 16 heavy (non-hydrogen) atoms. The summed E-state index contributed by atoms with van der Waals surface area (Å²) in [4.78, 5) is 0. The fourth-order valence-electron chi connectivity index (χ4n) is 1.44. The lowest BCUT2D eigenvalue weighted by molar-refractivity contribution is 0.142. The molecular formula is C12H16O3S. The second-order valence-corrected chi connectivity index (χ2v) is 4.48. The molecule has 0 bridgehead atoms. The van der Waals surface area contributed by atoms with E-state index in [0.29, 0.717) is 0 Å². The summed E-state index contributed by atoms with van der Waals surface area (Å²) < 4.78 is 24.7. The molecule has 0 aliphatic rings. The highest BCUT2D eigenvalue weighted by molar-refractivity contribution is 7.79. The Morgan fingerprint density at radius 1 is 1.50 bits per heavy atom. The summed E-state index contributed by atoms with van der Waals surface area (Å²) in [5.74, 6) is 0.159. The maximum absolute atomic E-state index is 10.6. The normalized spacial score (nSPS) is 15.8. The minimum atomic E-state index is -1.79. The van der Waals surface area contributed by atoms with Gasteiger partial charge in [0.2, 0.25) is 0 Å². The zero-order chi connectivity index (χ0) is 12.0. The monoisotopic (exact) mass is 240 g/mol. The van der Waals surface area contributed by atoms with Gasteiger partial charge >= 0.3 is 0 Å². The van der Waals surface area contributed by atoms with Crippen molar-refractivity contribution in [3.05, 3.63) is 47.5 Å². The Labute approximate surface area is 98.4 Å². The molecule has 0 aromatic heterocycles. The third-order valence-electron chi connectivity index (χ3n) is 2.17. The Morgan fingerprint density at radius 3 is 2.62 bits per heavy atom. The van der Waals surface area contributed by atoms with Crippen LogP contribution in [0.25, 0.3) is 0 Å². The van der Waals surface area contributed by atoms with E-state index in [9.17, 15) is 4.21 Å². The summed E-state index contributed by atoms with van der Waals surface area (Å²) in [7, 11) is 1.62. The quantitative estimate of drug-likeness (QED) is 0.635. The number of hydrogen-bond donors (Lipinski definition) is 1. The summed E-state index contributed by atoms with van der Waals surface area (Å²) in [6, 6.07) is 9.75. The maximum atomic E-state index is 10.6. The average Bonchev–Trinajstić information content (AvgIpc) is 2.26. The predicted octanol–water partition coefficient (Wildman–Crippen LogP) is 2.54. The van der Waals surface area contributed by atoms with Crippen LogP contribution in [0.4, 0.5) is 0 Å². The zero-order valence-corrected chi connectivity index (χ0v) is 10.2. The molecule has 3 nitrogen and oxygen atoms in total. The molecule has 1 N–H and O–H groups in total. The summed E-state index contributed by atoms with van der Waals surface area (Å²) in [5.41, 5.74) is 1.88. The second kappa shape index (κ2) is 6.58. The van der Waals surface area contributed by atoms with Crippen molar-refractivity contribution in [3.63, 3.8) is 0 Å². The molecule has 2 unspecified atom stereocenters. The number of hydrogen-bond acceptors (Lipinski definition) is 2. The van der Waals surface area contributed by atoms with E-state index in [1.807, 2.05) is 43.3 Å². The molecule has 0 saturated heterocycles. The Hall–Kier alpha value is -0.970. The molecule has 1 aromatic carbocycles. The summed E-state index contributed by atoms with van der Waals surface area (Å²) >= 11 is -1.79. The van der Waals surface area contributed by atoms with E-state index in [1.165, 1.54) is 0 Å².